The molecule has 2 bridgehead atoms. The van der Waals surface area contributed by atoms with Crippen LogP contribution in [0, 0.1) is 11.3 Å². The fourth-order valence-corrected chi connectivity index (χ4v) is 4.01. The molecular weight excluding hydrogens is 382 g/mol. The Morgan fingerprint density at radius 1 is 1.27 bits per heavy atom. The molecule has 0 saturated carbocycles. The number of amides is 1. The third-order valence-corrected chi connectivity index (χ3v) is 5.46. The summed E-state index contributed by atoms with van der Waals surface area (Å²) in [5.74, 6) is 0. The van der Waals surface area contributed by atoms with Crippen LogP contribution < -0.4 is 0 Å². The summed E-state index contributed by atoms with van der Waals surface area (Å²) < 4.78 is 12.9. The van der Waals surface area contributed by atoms with Crippen molar-refractivity contribution in [2.75, 3.05) is 13.2 Å². The second kappa shape index (κ2) is 7.61. The number of aromatic nitrogens is 3. The van der Waals surface area contributed by atoms with Crippen LogP contribution in [0.2, 0.25) is 0 Å². The maximum absolute atomic E-state index is 12.8. The number of benzene rings is 1. The van der Waals surface area contributed by atoms with Crippen LogP contribution in [-0.2, 0) is 16.1 Å². The van der Waals surface area contributed by atoms with Gasteiger partial charge in [0.1, 0.15) is 18.2 Å². The van der Waals surface area contributed by atoms with Crippen molar-refractivity contribution in [3.05, 3.63) is 71.7 Å². The minimum absolute atomic E-state index is 0.102. The number of fused-ring (bicyclic) bond motifs is 3. The molecule has 4 heterocycles. The molecule has 5 rings (SSSR count). The van der Waals surface area contributed by atoms with E-state index in [1.165, 1.54) is 6.20 Å². The molecule has 3 aromatic rings. The van der Waals surface area contributed by atoms with E-state index in [1.54, 1.807) is 15.6 Å². The van der Waals surface area contributed by atoms with E-state index in [4.69, 9.17) is 14.7 Å². The molecule has 2 aromatic heterocycles. The number of nitriles is 1. The monoisotopic (exact) mass is 401 g/mol. The van der Waals surface area contributed by atoms with Crippen LogP contribution in [0.5, 0.6) is 0 Å². The minimum Gasteiger partial charge on any atom is -0.445 e. The summed E-state index contributed by atoms with van der Waals surface area (Å²) in [5, 5.41) is 13.3. The molecule has 150 valence electrons. The number of ether oxygens (including phenoxy) is 2. The highest BCUT2D eigenvalue weighted by atomic mass is 16.6. The molecule has 1 saturated heterocycles. The molecule has 1 fully saturated rings. The van der Waals surface area contributed by atoms with Crippen LogP contribution in [0.1, 0.15) is 23.1 Å². The molecule has 8 heteroatoms. The lowest BCUT2D eigenvalue weighted by molar-refractivity contribution is -0.0342. The zero-order chi connectivity index (χ0) is 20.5. The Morgan fingerprint density at radius 3 is 2.93 bits per heavy atom. The SMILES string of the molecule is N#Cc1cnn2cc(C3=CC4COCC(C3)N4C(=O)OCc3ccccc3)cnc12. The topological polar surface area (TPSA) is 92.8 Å². The highest BCUT2D eigenvalue weighted by molar-refractivity contribution is 5.74. The van der Waals surface area contributed by atoms with E-state index in [0.717, 1.165) is 16.7 Å². The molecule has 2 aliphatic rings. The van der Waals surface area contributed by atoms with Gasteiger partial charge in [0.25, 0.3) is 0 Å². The van der Waals surface area contributed by atoms with Crippen molar-refractivity contribution in [1.29, 1.82) is 5.26 Å². The van der Waals surface area contributed by atoms with Crippen LogP contribution in [-0.4, -0.2) is 50.9 Å². The van der Waals surface area contributed by atoms with E-state index in [0.29, 0.717) is 30.8 Å². The summed E-state index contributed by atoms with van der Waals surface area (Å²) in [6.45, 7) is 1.13. The largest absolute Gasteiger partial charge is 0.445 e. The second-order valence-electron chi connectivity index (χ2n) is 7.38. The lowest BCUT2D eigenvalue weighted by Crippen LogP contribution is -2.56. The van der Waals surface area contributed by atoms with Gasteiger partial charge in [0.2, 0.25) is 0 Å². The number of nitrogens with zero attached hydrogens (tertiary/aromatic N) is 5. The predicted octanol–water partition coefficient (Wildman–Crippen LogP) is 2.79. The number of carbonyl (C=O) groups excluding carboxylic acids is 1. The molecule has 0 spiro atoms. The van der Waals surface area contributed by atoms with Crippen molar-refractivity contribution >= 4 is 17.3 Å². The van der Waals surface area contributed by atoms with E-state index in [-0.39, 0.29) is 24.8 Å². The van der Waals surface area contributed by atoms with E-state index in [1.807, 2.05) is 42.6 Å². The van der Waals surface area contributed by atoms with Crippen LogP contribution in [0.3, 0.4) is 0 Å². The minimum atomic E-state index is -0.327. The van der Waals surface area contributed by atoms with Gasteiger partial charge in [-0.3, -0.25) is 4.90 Å². The Hall–Kier alpha value is -3.70. The molecule has 8 nitrogen and oxygen atoms in total. The summed E-state index contributed by atoms with van der Waals surface area (Å²) in [6, 6.07) is 11.4. The highest BCUT2D eigenvalue weighted by Crippen LogP contribution is 2.33. The molecule has 2 aliphatic heterocycles. The summed E-state index contributed by atoms with van der Waals surface area (Å²) in [5.41, 5.74) is 3.94. The van der Waals surface area contributed by atoms with Crippen molar-refractivity contribution in [1.82, 2.24) is 19.5 Å². The van der Waals surface area contributed by atoms with Gasteiger partial charge in [-0.25, -0.2) is 14.3 Å². The average molecular weight is 401 g/mol. The summed E-state index contributed by atoms with van der Waals surface area (Å²) in [7, 11) is 0. The maximum Gasteiger partial charge on any atom is 0.411 e. The van der Waals surface area contributed by atoms with Crippen molar-refractivity contribution in [2.45, 2.75) is 25.1 Å². The Morgan fingerprint density at radius 2 is 2.13 bits per heavy atom. The molecule has 0 radical (unpaired) electrons. The fourth-order valence-electron chi connectivity index (χ4n) is 4.01. The molecule has 2 atom stereocenters. The van der Waals surface area contributed by atoms with Crippen molar-refractivity contribution in [2.24, 2.45) is 0 Å². The van der Waals surface area contributed by atoms with E-state index < -0.39 is 0 Å². The van der Waals surface area contributed by atoms with Crippen LogP contribution in [0.4, 0.5) is 4.79 Å². The normalized spacial score (nSPS) is 20.5. The first-order chi connectivity index (χ1) is 14.7. The van der Waals surface area contributed by atoms with E-state index in [2.05, 4.69) is 16.2 Å². The maximum atomic E-state index is 12.8. The summed E-state index contributed by atoms with van der Waals surface area (Å²) in [6.07, 6.45) is 7.48. The first-order valence-electron chi connectivity index (χ1n) is 9.74. The van der Waals surface area contributed by atoms with Gasteiger partial charge >= 0.3 is 6.09 Å². The number of morpholine rings is 1. The first kappa shape index (κ1) is 18.3. The van der Waals surface area contributed by atoms with Crippen LogP contribution >= 0.6 is 0 Å². The molecule has 1 aromatic carbocycles. The number of rotatable bonds is 3. The molecule has 0 aliphatic carbocycles. The van der Waals surface area contributed by atoms with Crippen molar-refractivity contribution in [3.63, 3.8) is 0 Å². The number of hydrogen-bond donors (Lipinski definition) is 0. The van der Waals surface area contributed by atoms with Crippen molar-refractivity contribution in [3.8, 4) is 6.07 Å². The fraction of sp³-hybridized carbons (Fsp3) is 0.273. The number of carbonyl (C=O) groups is 1. The Balaban J connectivity index is 1.37. The molecule has 2 unspecified atom stereocenters. The van der Waals surface area contributed by atoms with E-state index in [9.17, 15) is 4.79 Å². The molecule has 30 heavy (non-hydrogen) atoms. The molecule has 0 N–H and O–H groups in total. The Bertz CT molecular complexity index is 1160. The van der Waals surface area contributed by atoms with Crippen LogP contribution in [0.15, 0.2) is 55.0 Å². The van der Waals surface area contributed by atoms with Gasteiger partial charge < -0.3 is 9.47 Å². The Labute approximate surface area is 173 Å². The van der Waals surface area contributed by atoms with Gasteiger partial charge in [-0.15, -0.1) is 0 Å². The van der Waals surface area contributed by atoms with Gasteiger partial charge in [-0.2, -0.15) is 10.4 Å². The highest BCUT2D eigenvalue weighted by Gasteiger charge is 2.39. The van der Waals surface area contributed by atoms with Crippen molar-refractivity contribution < 1.29 is 14.3 Å². The van der Waals surface area contributed by atoms with E-state index >= 15 is 0 Å². The third-order valence-electron chi connectivity index (χ3n) is 5.46. The standard InChI is InChI=1S/C22H19N5O3/c23-8-17-10-25-26-11-18(9-24-21(17)26)16-6-19-13-29-14-20(7-16)27(19)22(28)30-12-15-4-2-1-3-5-15/h1-6,9-11,19-20H,7,12-14H2. The van der Waals surface area contributed by atoms with Gasteiger partial charge in [0.05, 0.1) is 31.5 Å². The Kier molecular flexibility index (Phi) is 4.65. The van der Waals surface area contributed by atoms with Gasteiger partial charge in [-0.1, -0.05) is 36.4 Å². The van der Waals surface area contributed by atoms with Gasteiger partial charge in [0.15, 0.2) is 5.65 Å². The first-order valence-corrected chi connectivity index (χ1v) is 9.74. The third kappa shape index (κ3) is 3.29. The second-order valence-corrected chi connectivity index (χ2v) is 7.38. The zero-order valence-corrected chi connectivity index (χ0v) is 16.1. The smallest absolute Gasteiger partial charge is 0.411 e. The lowest BCUT2D eigenvalue weighted by Gasteiger charge is -2.43. The summed E-state index contributed by atoms with van der Waals surface area (Å²) in [4.78, 5) is 19.0. The zero-order valence-electron chi connectivity index (χ0n) is 16.1. The lowest BCUT2D eigenvalue weighted by atomic mass is 9.91. The predicted molar refractivity (Wildman–Crippen MR) is 107 cm³/mol. The van der Waals surface area contributed by atoms with Gasteiger partial charge in [-0.05, 0) is 17.6 Å². The van der Waals surface area contributed by atoms with Gasteiger partial charge in [0, 0.05) is 18.0 Å². The summed E-state index contributed by atoms with van der Waals surface area (Å²) >= 11 is 0. The van der Waals surface area contributed by atoms with Crippen LogP contribution in [0.25, 0.3) is 11.2 Å². The molecular formula is C22H19N5O3. The quantitative estimate of drug-likeness (QED) is 0.670. The average Bonchev–Trinajstić information content (AvgIpc) is 3.19. The molecule has 1 amide bonds. The number of hydrogen-bond acceptors (Lipinski definition) is 6.